The number of carboxylic acid groups (broad SMARTS) is 1. The van der Waals surface area contributed by atoms with Gasteiger partial charge >= 0.3 is 5.97 Å². The van der Waals surface area contributed by atoms with Crippen LogP contribution in [-0.4, -0.2) is 47.7 Å². The fraction of sp³-hybridized carbons (Fsp3) is 0.429. The number of aliphatic carboxylic acids is 1. The number of rotatable bonds is 4. The minimum atomic E-state index is -0.987. The van der Waals surface area contributed by atoms with Gasteiger partial charge in [0.05, 0.1) is 21.7 Å². The second kappa shape index (κ2) is 7.11. The summed E-state index contributed by atoms with van der Waals surface area (Å²) in [7, 11) is 0. The van der Waals surface area contributed by atoms with Crippen LogP contribution in [0.1, 0.15) is 23.2 Å². The van der Waals surface area contributed by atoms with E-state index in [0.29, 0.717) is 36.5 Å². The first-order valence-electron chi connectivity index (χ1n) is 6.55. The van der Waals surface area contributed by atoms with Gasteiger partial charge in [0, 0.05) is 13.1 Å². The van der Waals surface area contributed by atoms with E-state index >= 15 is 0 Å². The molecule has 7 heteroatoms. The van der Waals surface area contributed by atoms with Crippen molar-refractivity contribution in [1.82, 2.24) is 4.90 Å². The fourth-order valence-corrected chi connectivity index (χ4v) is 2.64. The Hall–Kier alpha value is -1.30. The number of carbonyl (C=O) groups is 2. The van der Waals surface area contributed by atoms with E-state index < -0.39 is 5.97 Å². The van der Waals surface area contributed by atoms with Crippen molar-refractivity contribution in [2.75, 3.05) is 19.7 Å². The number of ether oxygens (including phenoxy) is 1. The first kappa shape index (κ1) is 16.1. The molecular weight excluding hydrogens is 317 g/mol. The van der Waals surface area contributed by atoms with E-state index in [1.54, 1.807) is 23.1 Å². The van der Waals surface area contributed by atoms with Crippen LogP contribution in [0.15, 0.2) is 18.2 Å². The number of halogens is 2. The maximum atomic E-state index is 12.4. The topological polar surface area (TPSA) is 66.8 Å². The molecule has 1 aliphatic rings. The molecule has 1 fully saturated rings. The third kappa shape index (κ3) is 4.09. The van der Waals surface area contributed by atoms with Gasteiger partial charge in [-0.3, -0.25) is 4.79 Å². The Kier molecular flexibility index (Phi) is 5.45. The van der Waals surface area contributed by atoms with Crippen LogP contribution in [0.25, 0.3) is 0 Å². The lowest BCUT2D eigenvalue weighted by Gasteiger charge is -2.32. The summed E-state index contributed by atoms with van der Waals surface area (Å²) in [6, 6.07) is 4.96. The number of carboxylic acids is 1. The van der Waals surface area contributed by atoms with Gasteiger partial charge in [0.2, 0.25) is 0 Å². The molecule has 1 heterocycles. The lowest BCUT2D eigenvalue weighted by Crippen LogP contribution is -2.41. The molecule has 0 aliphatic carbocycles. The molecule has 0 radical (unpaired) electrons. The minimum absolute atomic E-state index is 0.125. The maximum Gasteiger partial charge on any atom is 0.329 e. The van der Waals surface area contributed by atoms with Crippen molar-refractivity contribution in [3.05, 3.63) is 33.8 Å². The van der Waals surface area contributed by atoms with Crippen molar-refractivity contribution in [3.63, 3.8) is 0 Å². The van der Waals surface area contributed by atoms with E-state index in [1.165, 1.54) is 0 Å². The Morgan fingerprint density at radius 1 is 1.29 bits per heavy atom. The van der Waals surface area contributed by atoms with Crippen molar-refractivity contribution in [2.45, 2.75) is 18.9 Å². The highest BCUT2D eigenvalue weighted by Crippen LogP contribution is 2.27. The molecule has 1 saturated heterocycles. The van der Waals surface area contributed by atoms with E-state index in [4.69, 9.17) is 33.0 Å². The van der Waals surface area contributed by atoms with Crippen LogP contribution in [-0.2, 0) is 9.53 Å². The summed E-state index contributed by atoms with van der Waals surface area (Å²) in [6.07, 6.45) is 1.09. The second-order valence-electron chi connectivity index (χ2n) is 4.80. The second-order valence-corrected chi connectivity index (χ2v) is 5.58. The molecule has 21 heavy (non-hydrogen) atoms. The number of hydrogen-bond donors (Lipinski definition) is 1. The van der Waals surface area contributed by atoms with Crippen molar-refractivity contribution >= 4 is 35.1 Å². The van der Waals surface area contributed by atoms with E-state index in [0.717, 1.165) is 0 Å². The molecule has 1 amide bonds. The molecule has 0 aromatic heterocycles. The summed E-state index contributed by atoms with van der Waals surface area (Å²) in [5, 5.41) is 9.18. The first-order valence-corrected chi connectivity index (χ1v) is 7.31. The summed E-state index contributed by atoms with van der Waals surface area (Å²) in [4.78, 5) is 24.5. The third-order valence-corrected chi connectivity index (χ3v) is 4.17. The van der Waals surface area contributed by atoms with Crippen molar-refractivity contribution in [2.24, 2.45) is 0 Å². The molecule has 0 spiro atoms. The number of hydrogen-bond acceptors (Lipinski definition) is 3. The molecule has 0 saturated carbocycles. The van der Waals surface area contributed by atoms with E-state index in [2.05, 4.69) is 0 Å². The Morgan fingerprint density at radius 2 is 1.95 bits per heavy atom. The molecule has 0 atom stereocenters. The monoisotopic (exact) mass is 331 g/mol. The molecule has 1 aromatic carbocycles. The van der Waals surface area contributed by atoms with Crippen LogP contribution in [0.2, 0.25) is 10.0 Å². The number of piperidine rings is 1. The van der Waals surface area contributed by atoms with Crippen LogP contribution in [0.4, 0.5) is 0 Å². The zero-order valence-electron chi connectivity index (χ0n) is 11.2. The lowest BCUT2D eigenvalue weighted by molar-refractivity contribution is -0.145. The van der Waals surface area contributed by atoms with Gasteiger partial charge in [-0.1, -0.05) is 29.3 Å². The van der Waals surface area contributed by atoms with Crippen molar-refractivity contribution in [1.29, 1.82) is 0 Å². The van der Waals surface area contributed by atoms with E-state index in [9.17, 15) is 9.59 Å². The van der Waals surface area contributed by atoms with Gasteiger partial charge in [-0.2, -0.15) is 0 Å². The normalized spacial score (nSPS) is 16.0. The largest absolute Gasteiger partial charge is 0.480 e. The van der Waals surface area contributed by atoms with E-state index in [1.807, 2.05) is 0 Å². The predicted molar refractivity (Wildman–Crippen MR) is 79.0 cm³/mol. The molecule has 5 nitrogen and oxygen atoms in total. The number of nitrogens with zero attached hydrogens (tertiary/aromatic N) is 1. The molecule has 2 rings (SSSR count). The standard InChI is InChI=1S/C14H15Cl2NO4/c15-11-3-1-2-10(13(11)16)14(20)17-6-4-9(5-7-17)21-8-12(18)19/h1-3,9H,4-8H2,(H,18,19). The Morgan fingerprint density at radius 3 is 2.57 bits per heavy atom. The quantitative estimate of drug-likeness (QED) is 0.921. The van der Waals surface area contributed by atoms with Crippen LogP contribution >= 0.6 is 23.2 Å². The van der Waals surface area contributed by atoms with Gasteiger partial charge in [0.1, 0.15) is 6.61 Å². The molecule has 1 N–H and O–H groups in total. The first-order chi connectivity index (χ1) is 9.99. The fourth-order valence-electron chi connectivity index (χ4n) is 2.25. The van der Waals surface area contributed by atoms with Gasteiger partial charge < -0.3 is 14.7 Å². The number of carbonyl (C=O) groups excluding carboxylic acids is 1. The van der Waals surface area contributed by atoms with Gasteiger partial charge in [-0.15, -0.1) is 0 Å². The number of amides is 1. The minimum Gasteiger partial charge on any atom is -0.480 e. The average Bonchev–Trinajstić information content (AvgIpc) is 2.48. The van der Waals surface area contributed by atoms with Gasteiger partial charge in [0.25, 0.3) is 5.91 Å². The summed E-state index contributed by atoms with van der Waals surface area (Å²) in [6.45, 7) is 0.705. The highest BCUT2D eigenvalue weighted by molar-refractivity contribution is 6.43. The summed E-state index contributed by atoms with van der Waals surface area (Å²) in [5.74, 6) is -1.15. The summed E-state index contributed by atoms with van der Waals surface area (Å²) >= 11 is 12.0. The van der Waals surface area contributed by atoms with Crippen LogP contribution in [0, 0.1) is 0 Å². The Balaban J connectivity index is 1.94. The zero-order chi connectivity index (χ0) is 15.4. The summed E-state index contributed by atoms with van der Waals surface area (Å²) in [5.41, 5.74) is 0.383. The third-order valence-electron chi connectivity index (χ3n) is 3.35. The molecule has 114 valence electrons. The van der Waals surface area contributed by atoms with Gasteiger partial charge in [-0.05, 0) is 25.0 Å². The molecule has 1 aromatic rings. The smallest absolute Gasteiger partial charge is 0.329 e. The van der Waals surface area contributed by atoms with Crippen molar-refractivity contribution in [3.8, 4) is 0 Å². The average molecular weight is 332 g/mol. The number of likely N-dealkylation sites (tertiary alicyclic amines) is 1. The molecular formula is C14H15Cl2NO4. The SMILES string of the molecule is O=C(O)COC1CCN(C(=O)c2cccc(Cl)c2Cl)CC1. The lowest BCUT2D eigenvalue weighted by atomic mass is 10.1. The highest BCUT2D eigenvalue weighted by atomic mass is 35.5. The molecule has 1 aliphatic heterocycles. The van der Waals surface area contributed by atoms with Crippen molar-refractivity contribution < 1.29 is 19.4 Å². The van der Waals surface area contributed by atoms with Crippen LogP contribution in [0.5, 0.6) is 0 Å². The Bertz CT molecular complexity index is 542. The molecule has 0 unspecified atom stereocenters. The summed E-state index contributed by atoms with van der Waals surface area (Å²) < 4.78 is 5.24. The van der Waals surface area contributed by atoms with Gasteiger partial charge in [0.15, 0.2) is 0 Å². The Labute approximate surface area is 132 Å². The van der Waals surface area contributed by atoms with E-state index in [-0.39, 0.29) is 23.6 Å². The maximum absolute atomic E-state index is 12.4. The van der Waals surface area contributed by atoms with Crippen LogP contribution in [0.3, 0.4) is 0 Å². The predicted octanol–water partition coefficient (Wildman–Crippen LogP) is 2.70. The van der Waals surface area contributed by atoms with Crippen LogP contribution < -0.4 is 0 Å². The number of benzene rings is 1. The molecule has 0 bridgehead atoms. The highest BCUT2D eigenvalue weighted by Gasteiger charge is 2.26. The van der Waals surface area contributed by atoms with Gasteiger partial charge in [-0.25, -0.2) is 4.79 Å². The zero-order valence-corrected chi connectivity index (χ0v) is 12.7.